The number of aliphatic hydroxyl groups excluding tert-OH is 1. The summed E-state index contributed by atoms with van der Waals surface area (Å²) < 4.78 is 0. The highest BCUT2D eigenvalue weighted by atomic mass is 16.3. The molecule has 5 nitrogen and oxygen atoms in total. The highest BCUT2D eigenvalue weighted by Crippen LogP contribution is 2.34. The Balaban J connectivity index is 1.78. The minimum absolute atomic E-state index is 0.0155. The number of benzene rings is 1. The molecule has 1 heterocycles. The second kappa shape index (κ2) is 8.12. The second-order valence-electron chi connectivity index (χ2n) is 6.48. The summed E-state index contributed by atoms with van der Waals surface area (Å²) in [5.41, 5.74) is 3.52. The maximum Gasteiger partial charge on any atom is 0.318 e. The number of carbonyl (C=O) groups excluding carboxylic acids is 1. The summed E-state index contributed by atoms with van der Waals surface area (Å²) in [6.07, 6.45) is 6.47. The average Bonchev–Trinajstić information content (AvgIpc) is 2.66. The van der Waals surface area contributed by atoms with E-state index in [0.717, 1.165) is 24.8 Å². The topological polar surface area (TPSA) is 65.5 Å². The SMILES string of the molecule is C[C@@H](NC(=O)N(CCO)[C@@H]1CCCc2ccccc21)c1ccncc1. The van der Waals surface area contributed by atoms with Crippen LogP contribution < -0.4 is 5.32 Å². The number of carbonyl (C=O) groups is 1. The largest absolute Gasteiger partial charge is 0.395 e. The van der Waals surface area contributed by atoms with Gasteiger partial charge in [0.1, 0.15) is 0 Å². The molecule has 0 aliphatic heterocycles. The van der Waals surface area contributed by atoms with Crippen LogP contribution in [0.5, 0.6) is 0 Å². The number of pyridine rings is 1. The molecule has 1 aromatic carbocycles. The Bertz CT molecular complexity index is 705. The lowest BCUT2D eigenvalue weighted by atomic mass is 9.87. The molecule has 3 rings (SSSR count). The van der Waals surface area contributed by atoms with Crippen molar-refractivity contribution in [2.24, 2.45) is 0 Å². The van der Waals surface area contributed by atoms with E-state index >= 15 is 0 Å². The summed E-state index contributed by atoms with van der Waals surface area (Å²) in [5, 5.41) is 12.5. The third-order valence-electron chi connectivity index (χ3n) is 4.86. The predicted molar refractivity (Wildman–Crippen MR) is 97.1 cm³/mol. The first-order chi connectivity index (χ1) is 12.2. The fourth-order valence-corrected chi connectivity index (χ4v) is 3.56. The highest BCUT2D eigenvalue weighted by Gasteiger charge is 2.29. The van der Waals surface area contributed by atoms with E-state index in [9.17, 15) is 9.90 Å². The molecule has 0 bridgehead atoms. The van der Waals surface area contributed by atoms with Crippen LogP contribution in [0, 0.1) is 0 Å². The van der Waals surface area contributed by atoms with Gasteiger partial charge in [0, 0.05) is 18.9 Å². The van der Waals surface area contributed by atoms with Gasteiger partial charge >= 0.3 is 6.03 Å². The zero-order chi connectivity index (χ0) is 17.6. The van der Waals surface area contributed by atoms with E-state index < -0.39 is 0 Å². The number of amides is 2. The van der Waals surface area contributed by atoms with Gasteiger partial charge in [0.15, 0.2) is 0 Å². The molecule has 0 fully saturated rings. The van der Waals surface area contributed by atoms with Crippen LogP contribution in [0.4, 0.5) is 4.79 Å². The number of aryl methyl sites for hydroxylation is 1. The summed E-state index contributed by atoms with van der Waals surface area (Å²) in [6.45, 7) is 2.24. The van der Waals surface area contributed by atoms with E-state index in [1.165, 1.54) is 11.1 Å². The highest BCUT2D eigenvalue weighted by molar-refractivity contribution is 5.75. The number of nitrogens with zero attached hydrogens (tertiary/aromatic N) is 2. The zero-order valence-electron chi connectivity index (χ0n) is 14.6. The van der Waals surface area contributed by atoms with Gasteiger partial charge in [0.25, 0.3) is 0 Å². The van der Waals surface area contributed by atoms with Gasteiger partial charge in [-0.2, -0.15) is 0 Å². The lowest BCUT2D eigenvalue weighted by molar-refractivity contribution is 0.142. The third kappa shape index (κ3) is 3.99. The minimum Gasteiger partial charge on any atom is -0.395 e. The van der Waals surface area contributed by atoms with E-state index in [1.54, 1.807) is 17.3 Å². The fourth-order valence-electron chi connectivity index (χ4n) is 3.56. The van der Waals surface area contributed by atoms with E-state index in [-0.39, 0.29) is 24.7 Å². The minimum atomic E-state index is -0.139. The Hall–Kier alpha value is -2.40. The van der Waals surface area contributed by atoms with Crippen molar-refractivity contribution in [2.75, 3.05) is 13.2 Å². The predicted octanol–water partition coefficient (Wildman–Crippen LogP) is 3.22. The molecule has 0 saturated heterocycles. The maximum absolute atomic E-state index is 12.9. The van der Waals surface area contributed by atoms with Crippen molar-refractivity contribution in [3.8, 4) is 0 Å². The van der Waals surface area contributed by atoms with Gasteiger partial charge in [0.2, 0.25) is 0 Å². The van der Waals surface area contributed by atoms with Gasteiger partial charge < -0.3 is 15.3 Å². The van der Waals surface area contributed by atoms with Crippen LogP contribution in [0.3, 0.4) is 0 Å². The van der Waals surface area contributed by atoms with E-state index in [4.69, 9.17) is 0 Å². The van der Waals surface area contributed by atoms with E-state index in [1.807, 2.05) is 31.2 Å². The third-order valence-corrected chi connectivity index (χ3v) is 4.86. The van der Waals surface area contributed by atoms with Crippen molar-refractivity contribution in [2.45, 2.75) is 38.3 Å². The number of nitrogens with one attached hydrogen (secondary N) is 1. The first-order valence-corrected chi connectivity index (χ1v) is 8.86. The smallest absolute Gasteiger partial charge is 0.318 e. The molecule has 25 heavy (non-hydrogen) atoms. The quantitative estimate of drug-likeness (QED) is 0.879. The summed E-state index contributed by atoms with van der Waals surface area (Å²) in [7, 11) is 0. The van der Waals surface area contributed by atoms with Gasteiger partial charge in [-0.05, 0) is 55.0 Å². The molecule has 132 valence electrons. The molecule has 5 heteroatoms. The molecular weight excluding hydrogens is 314 g/mol. The van der Waals surface area contributed by atoms with Crippen LogP contribution in [0.25, 0.3) is 0 Å². The van der Waals surface area contributed by atoms with Gasteiger partial charge in [-0.1, -0.05) is 24.3 Å². The van der Waals surface area contributed by atoms with Gasteiger partial charge in [-0.25, -0.2) is 4.79 Å². The second-order valence-corrected chi connectivity index (χ2v) is 6.48. The maximum atomic E-state index is 12.9. The first kappa shape index (κ1) is 17.4. The number of hydrogen-bond acceptors (Lipinski definition) is 3. The van der Waals surface area contributed by atoms with Crippen LogP contribution >= 0.6 is 0 Å². The summed E-state index contributed by atoms with van der Waals surface area (Å²) in [5.74, 6) is 0. The van der Waals surface area contributed by atoms with Crippen molar-refractivity contribution in [1.29, 1.82) is 0 Å². The summed E-state index contributed by atoms with van der Waals surface area (Å²) in [6, 6.07) is 11.9. The monoisotopic (exact) mass is 339 g/mol. The number of fused-ring (bicyclic) bond motifs is 1. The average molecular weight is 339 g/mol. The molecule has 2 N–H and O–H groups in total. The van der Waals surface area contributed by atoms with Crippen LogP contribution in [0.2, 0.25) is 0 Å². The summed E-state index contributed by atoms with van der Waals surface area (Å²) >= 11 is 0. The Kier molecular flexibility index (Phi) is 5.66. The van der Waals surface area contributed by atoms with Crippen molar-refractivity contribution in [3.05, 3.63) is 65.5 Å². The number of rotatable bonds is 5. The van der Waals surface area contributed by atoms with E-state index in [2.05, 4.69) is 22.4 Å². The number of aliphatic hydroxyl groups is 1. The van der Waals surface area contributed by atoms with Crippen molar-refractivity contribution in [3.63, 3.8) is 0 Å². The Morgan fingerprint density at radius 1 is 1.32 bits per heavy atom. The van der Waals surface area contributed by atoms with Crippen molar-refractivity contribution < 1.29 is 9.90 Å². The number of hydrogen-bond donors (Lipinski definition) is 2. The molecule has 0 unspecified atom stereocenters. The standard InChI is InChI=1S/C20H25N3O2/c1-15(16-9-11-21-12-10-16)22-20(25)23(13-14-24)19-8-4-6-17-5-2-3-7-18(17)19/h2-3,5,7,9-12,15,19,24H,4,6,8,13-14H2,1H3,(H,22,25)/t15-,19-/m1/s1. The Morgan fingerprint density at radius 2 is 2.08 bits per heavy atom. The Labute approximate surface area is 148 Å². The normalized spacial score (nSPS) is 17.4. The lowest BCUT2D eigenvalue weighted by Crippen LogP contribution is -2.45. The van der Waals surface area contributed by atoms with Gasteiger partial charge in [0.05, 0.1) is 18.7 Å². The molecule has 1 aromatic heterocycles. The molecule has 1 aliphatic carbocycles. The molecular formula is C20H25N3O2. The molecule has 2 amide bonds. The van der Waals surface area contributed by atoms with Crippen LogP contribution in [-0.4, -0.2) is 34.2 Å². The molecule has 1 aliphatic rings. The number of urea groups is 1. The summed E-state index contributed by atoms with van der Waals surface area (Å²) in [4.78, 5) is 18.7. The molecule has 0 saturated carbocycles. The van der Waals surface area contributed by atoms with Gasteiger partial charge in [-0.3, -0.25) is 4.98 Å². The fraction of sp³-hybridized carbons (Fsp3) is 0.400. The van der Waals surface area contributed by atoms with Crippen molar-refractivity contribution >= 4 is 6.03 Å². The molecule has 0 spiro atoms. The molecule has 2 aromatic rings. The Morgan fingerprint density at radius 3 is 2.84 bits per heavy atom. The first-order valence-electron chi connectivity index (χ1n) is 8.86. The number of aromatic nitrogens is 1. The zero-order valence-corrected chi connectivity index (χ0v) is 14.6. The van der Waals surface area contributed by atoms with Gasteiger partial charge in [-0.15, -0.1) is 0 Å². The lowest BCUT2D eigenvalue weighted by Gasteiger charge is -2.36. The van der Waals surface area contributed by atoms with Crippen LogP contribution in [0.15, 0.2) is 48.8 Å². The van der Waals surface area contributed by atoms with Crippen molar-refractivity contribution in [1.82, 2.24) is 15.2 Å². The van der Waals surface area contributed by atoms with Crippen LogP contribution in [0.1, 0.15) is 48.5 Å². The molecule has 0 radical (unpaired) electrons. The van der Waals surface area contributed by atoms with E-state index in [0.29, 0.717) is 6.54 Å². The van der Waals surface area contributed by atoms with Crippen LogP contribution in [-0.2, 0) is 6.42 Å². The molecule has 2 atom stereocenters.